The van der Waals surface area contributed by atoms with Gasteiger partial charge in [-0.05, 0) is 17.5 Å². The summed E-state index contributed by atoms with van der Waals surface area (Å²) in [4.78, 5) is 25.0. The van der Waals surface area contributed by atoms with Crippen molar-refractivity contribution >= 4 is 28.6 Å². The first-order valence-corrected chi connectivity index (χ1v) is 9.40. The van der Waals surface area contributed by atoms with Gasteiger partial charge in [0.1, 0.15) is 5.75 Å². The van der Waals surface area contributed by atoms with E-state index >= 15 is 0 Å². The van der Waals surface area contributed by atoms with E-state index < -0.39 is 4.92 Å². The minimum Gasteiger partial charge on any atom is -0.483 e. The zero-order chi connectivity index (χ0) is 21.5. The molecule has 0 aliphatic rings. The maximum Gasteiger partial charge on any atom is 0.274 e. The van der Waals surface area contributed by atoms with Crippen LogP contribution in [0.4, 0.5) is 5.69 Å². The lowest BCUT2D eigenvalue weighted by atomic mass is 10.0. The van der Waals surface area contributed by atoms with Crippen LogP contribution in [0.15, 0.2) is 60.7 Å². The van der Waals surface area contributed by atoms with Gasteiger partial charge in [-0.1, -0.05) is 42.5 Å². The fourth-order valence-corrected chi connectivity index (χ4v) is 3.25. The molecule has 0 saturated heterocycles. The molecule has 0 aliphatic carbocycles. The van der Waals surface area contributed by atoms with E-state index in [1.165, 1.54) is 17.2 Å². The molecule has 3 aromatic carbocycles. The second kappa shape index (κ2) is 9.62. The minimum atomic E-state index is -0.464. The van der Waals surface area contributed by atoms with Crippen molar-refractivity contribution in [2.24, 2.45) is 5.73 Å². The normalized spacial score (nSPS) is 10.6. The summed E-state index contributed by atoms with van der Waals surface area (Å²) in [6.45, 7) is 0.323. The highest BCUT2D eigenvalue weighted by atomic mass is 16.6. The Morgan fingerprint density at radius 1 is 1.10 bits per heavy atom. The number of carbonyl (C=O) groups excluding carboxylic acids is 1. The lowest BCUT2D eigenvalue weighted by Crippen LogP contribution is -2.38. The smallest absolute Gasteiger partial charge is 0.274 e. The van der Waals surface area contributed by atoms with E-state index in [1.54, 1.807) is 30.3 Å². The molecule has 0 bridgehead atoms. The summed E-state index contributed by atoms with van der Waals surface area (Å²) in [7, 11) is 0. The van der Waals surface area contributed by atoms with Gasteiger partial charge in [0.15, 0.2) is 6.61 Å². The van der Waals surface area contributed by atoms with Crippen LogP contribution in [0, 0.1) is 15.5 Å². The molecule has 1 amide bonds. The predicted octanol–water partition coefficient (Wildman–Crippen LogP) is 3.11. The standard InChI is InChI=1S/C22H22N4O4/c23-11-12-25(14-17-5-1-4-8-20(17)26(28)29)22(27)15-30-21-10-9-16(13-24)18-6-2-3-7-19(18)21/h1-10,13,24H,11-12,14-15,23H2. The van der Waals surface area contributed by atoms with Crippen molar-refractivity contribution in [3.8, 4) is 5.75 Å². The Morgan fingerprint density at radius 2 is 1.80 bits per heavy atom. The fourth-order valence-electron chi connectivity index (χ4n) is 3.25. The van der Waals surface area contributed by atoms with Gasteiger partial charge in [-0.3, -0.25) is 14.9 Å². The van der Waals surface area contributed by atoms with Gasteiger partial charge in [0.05, 0.1) is 11.5 Å². The van der Waals surface area contributed by atoms with Gasteiger partial charge in [-0.15, -0.1) is 0 Å². The highest BCUT2D eigenvalue weighted by Gasteiger charge is 2.20. The molecule has 8 nitrogen and oxygen atoms in total. The van der Waals surface area contributed by atoms with Crippen molar-refractivity contribution in [1.29, 1.82) is 5.41 Å². The number of nitro benzene ring substituents is 1. The number of hydrogen-bond donors (Lipinski definition) is 2. The Balaban J connectivity index is 1.78. The first kappa shape index (κ1) is 20.9. The monoisotopic (exact) mass is 406 g/mol. The quantitative estimate of drug-likeness (QED) is 0.321. The average Bonchev–Trinajstić information content (AvgIpc) is 2.77. The number of amides is 1. The molecule has 154 valence electrons. The Labute approximate surface area is 173 Å². The van der Waals surface area contributed by atoms with Gasteiger partial charge in [0, 0.05) is 41.9 Å². The number of benzene rings is 3. The zero-order valence-corrected chi connectivity index (χ0v) is 16.3. The lowest BCUT2D eigenvalue weighted by Gasteiger charge is -2.22. The minimum absolute atomic E-state index is 0.0403. The first-order chi connectivity index (χ1) is 14.5. The van der Waals surface area contributed by atoms with E-state index in [4.69, 9.17) is 15.9 Å². The van der Waals surface area contributed by atoms with Crippen LogP contribution in [0.25, 0.3) is 10.8 Å². The second-order valence-electron chi connectivity index (χ2n) is 6.62. The SMILES string of the molecule is N=Cc1ccc(OCC(=O)N(CCN)Cc2ccccc2[N+](=O)[O-])c2ccccc12. The number of nitrogens with zero attached hydrogens (tertiary/aromatic N) is 2. The van der Waals surface area contributed by atoms with Crippen LogP contribution in [0.5, 0.6) is 5.75 Å². The summed E-state index contributed by atoms with van der Waals surface area (Å²) in [5.41, 5.74) is 6.79. The van der Waals surface area contributed by atoms with E-state index in [0.29, 0.717) is 11.3 Å². The van der Waals surface area contributed by atoms with Crippen molar-refractivity contribution in [3.05, 3.63) is 81.9 Å². The Morgan fingerprint density at radius 3 is 2.50 bits per heavy atom. The molecule has 0 saturated carbocycles. The van der Waals surface area contributed by atoms with Crippen LogP contribution < -0.4 is 10.5 Å². The Bertz CT molecular complexity index is 1080. The molecular weight excluding hydrogens is 384 g/mol. The van der Waals surface area contributed by atoms with Crippen molar-refractivity contribution in [3.63, 3.8) is 0 Å². The number of carbonyl (C=O) groups is 1. The number of nitro groups is 1. The van der Waals surface area contributed by atoms with Crippen LogP contribution >= 0.6 is 0 Å². The third-order valence-electron chi connectivity index (χ3n) is 4.73. The van der Waals surface area contributed by atoms with Crippen LogP contribution in [-0.2, 0) is 11.3 Å². The van der Waals surface area contributed by atoms with Crippen molar-refractivity contribution < 1.29 is 14.5 Å². The molecule has 30 heavy (non-hydrogen) atoms. The van der Waals surface area contributed by atoms with Crippen LogP contribution in [-0.4, -0.2) is 41.6 Å². The lowest BCUT2D eigenvalue weighted by molar-refractivity contribution is -0.385. The van der Waals surface area contributed by atoms with Crippen LogP contribution in [0.2, 0.25) is 0 Å². The van der Waals surface area contributed by atoms with Gasteiger partial charge in [-0.2, -0.15) is 0 Å². The zero-order valence-electron chi connectivity index (χ0n) is 16.3. The molecule has 0 atom stereocenters. The van der Waals surface area contributed by atoms with E-state index in [0.717, 1.165) is 16.3 Å². The molecule has 0 aliphatic heterocycles. The average molecular weight is 406 g/mol. The van der Waals surface area contributed by atoms with E-state index in [9.17, 15) is 14.9 Å². The third kappa shape index (κ3) is 4.61. The first-order valence-electron chi connectivity index (χ1n) is 9.40. The molecular formula is C22H22N4O4. The fraction of sp³-hybridized carbons (Fsp3) is 0.182. The molecule has 3 rings (SSSR count). The highest BCUT2D eigenvalue weighted by Crippen LogP contribution is 2.28. The number of para-hydroxylation sites is 1. The molecule has 3 N–H and O–H groups in total. The number of ether oxygens (including phenoxy) is 1. The van der Waals surface area contributed by atoms with Gasteiger partial charge in [-0.25, -0.2) is 0 Å². The van der Waals surface area contributed by atoms with Crippen LogP contribution in [0.3, 0.4) is 0 Å². The van der Waals surface area contributed by atoms with Crippen molar-refractivity contribution in [1.82, 2.24) is 4.90 Å². The Kier molecular flexibility index (Phi) is 6.71. The number of nitrogens with one attached hydrogen (secondary N) is 1. The summed E-state index contributed by atoms with van der Waals surface area (Å²) in [6, 6.07) is 17.3. The molecule has 0 spiro atoms. The summed E-state index contributed by atoms with van der Waals surface area (Å²) < 4.78 is 5.78. The molecule has 0 aromatic heterocycles. The molecule has 0 heterocycles. The molecule has 8 heteroatoms. The number of rotatable bonds is 9. The maximum atomic E-state index is 12.8. The summed E-state index contributed by atoms with van der Waals surface area (Å²) >= 11 is 0. The predicted molar refractivity (Wildman–Crippen MR) is 115 cm³/mol. The highest BCUT2D eigenvalue weighted by molar-refractivity contribution is 6.01. The largest absolute Gasteiger partial charge is 0.483 e. The van der Waals surface area contributed by atoms with Gasteiger partial charge in [0.2, 0.25) is 0 Å². The third-order valence-corrected chi connectivity index (χ3v) is 4.73. The number of nitrogens with two attached hydrogens (primary N) is 1. The molecule has 0 fully saturated rings. The van der Waals surface area contributed by atoms with Gasteiger partial charge < -0.3 is 20.8 Å². The Hall–Kier alpha value is -3.78. The van der Waals surface area contributed by atoms with E-state index in [1.807, 2.05) is 24.3 Å². The molecule has 0 radical (unpaired) electrons. The van der Waals surface area contributed by atoms with Gasteiger partial charge in [0.25, 0.3) is 11.6 Å². The summed E-state index contributed by atoms with van der Waals surface area (Å²) in [5.74, 6) is 0.210. The maximum absolute atomic E-state index is 12.8. The summed E-state index contributed by atoms with van der Waals surface area (Å²) in [5, 5.41) is 20.5. The van der Waals surface area contributed by atoms with Crippen molar-refractivity contribution in [2.45, 2.75) is 6.54 Å². The van der Waals surface area contributed by atoms with E-state index in [-0.39, 0.29) is 37.8 Å². The van der Waals surface area contributed by atoms with E-state index in [2.05, 4.69) is 0 Å². The van der Waals surface area contributed by atoms with Gasteiger partial charge >= 0.3 is 0 Å². The van der Waals surface area contributed by atoms with Crippen LogP contribution in [0.1, 0.15) is 11.1 Å². The number of fused-ring (bicyclic) bond motifs is 1. The number of hydrogen-bond acceptors (Lipinski definition) is 6. The second-order valence-corrected chi connectivity index (χ2v) is 6.62. The molecule has 0 unspecified atom stereocenters. The molecule has 3 aromatic rings. The van der Waals surface area contributed by atoms with Crippen molar-refractivity contribution in [2.75, 3.05) is 19.7 Å². The topological polar surface area (TPSA) is 123 Å². The summed E-state index contributed by atoms with van der Waals surface area (Å²) in [6.07, 6.45) is 1.27.